The van der Waals surface area contributed by atoms with E-state index in [0.717, 1.165) is 37.8 Å². The van der Waals surface area contributed by atoms with E-state index in [-0.39, 0.29) is 23.3 Å². The van der Waals surface area contributed by atoms with Crippen LogP contribution >= 0.6 is 0 Å². The zero-order valence-electron chi connectivity index (χ0n) is 13.2. The van der Waals surface area contributed by atoms with Crippen molar-refractivity contribution in [1.82, 2.24) is 4.90 Å². The third-order valence-corrected chi connectivity index (χ3v) is 7.03. The van der Waals surface area contributed by atoms with E-state index < -0.39 is 5.60 Å². The number of ether oxygens (including phenoxy) is 1. The van der Waals surface area contributed by atoms with E-state index in [0.29, 0.717) is 11.7 Å². The molecule has 4 heteroatoms. The molecule has 1 aromatic carbocycles. The Morgan fingerprint density at radius 3 is 2.95 bits per heavy atom. The highest BCUT2D eigenvalue weighted by Crippen LogP contribution is 2.66. The van der Waals surface area contributed by atoms with E-state index in [1.165, 1.54) is 5.56 Å². The Labute approximate surface area is 130 Å². The highest BCUT2D eigenvalue weighted by Gasteiger charge is 2.71. The fourth-order valence-corrected chi connectivity index (χ4v) is 6.00. The Hall–Kier alpha value is -1.26. The van der Waals surface area contributed by atoms with Crippen LogP contribution in [-0.2, 0) is 11.8 Å². The molecule has 4 nitrogen and oxygen atoms in total. The standard InChI is InChI=1S/C18H23NO3/c1-10-5-6-18(21)13-9-11-3-4-12(20)15-14(11)17(18,16(10)22-15)7-8-19(13)2/h3-4,10,13,16,20-21H,5-9H2,1-2H3/t10?,13?,16-,17-,18+/m0/s1. The maximum atomic E-state index is 11.8. The number of rotatable bonds is 0. The molecule has 4 aliphatic rings. The minimum absolute atomic E-state index is 0.00944. The van der Waals surface area contributed by atoms with Gasteiger partial charge in [0.2, 0.25) is 0 Å². The Morgan fingerprint density at radius 1 is 1.32 bits per heavy atom. The quantitative estimate of drug-likeness (QED) is 0.767. The number of likely N-dealkylation sites (N-methyl/N-ethyl adjacent to an activating group) is 1. The first kappa shape index (κ1) is 13.2. The number of hydrogen-bond acceptors (Lipinski definition) is 4. The maximum absolute atomic E-state index is 11.8. The van der Waals surface area contributed by atoms with Gasteiger partial charge in [0.25, 0.3) is 0 Å². The maximum Gasteiger partial charge on any atom is 0.165 e. The van der Waals surface area contributed by atoms with Gasteiger partial charge in [0, 0.05) is 11.6 Å². The average Bonchev–Trinajstić information content (AvgIpc) is 2.85. The molecule has 118 valence electrons. The van der Waals surface area contributed by atoms with Crippen molar-refractivity contribution in [2.24, 2.45) is 5.92 Å². The molecule has 2 heterocycles. The van der Waals surface area contributed by atoms with E-state index in [1.807, 2.05) is 6.07 Å². The second-order valence-corrected chi connectivity index (χ2v) is 7.85. The summed E-state index contributed by atoms with van der Waals surface area (Å²) < 4.78 is 6.29. The van der Waals surface area contributed by atoms with Crippen molar-refractivity contribution in [2.75, 3.05) is 13.6 Å². The fraction of sp³-hybridized carbons (Fsp3) is 0.667. The summed E-state index contributed by atoms with van der Waals surface area (Å²) in [5, 5.41) is 22.1. The number of likely N-dealkylation sites (tertiary alicyclic amines) is 1. The van der Waals surface area contributed by atoms with Gasteiger partial charge in [0.05, 0.1) is 11.0 Å². The van der Waals surface area contributed by atoms with Crippen molar-refractivity contribution in [3.63, 3.8) is 0 Å². The van der Waals surface area contributed by atoms with E-state index >= 15 is 0 Å². The lowest BCUT2D eigenvalue weighted by atomic mass is 9.48. The highest BCUT2D eigenvalue weighted by molar-refractivity contribution is 5.62. The lowest BCUT2D eigenvalue weighted by molar-refractivity contribution is -0.191. The number of aromatic hydroxyl groups is 1. The number of piperidine rings is 1. The van der Waals surface area contributed by atoms with Crippen LogP contribution in [0, 0.1) is 5.92 Å². The predicted octanol–water partition coefficient (Wildman–Crippen LogP) is 1.81. The molecule has 2 bridgehead atoms. The molecular formula is C18H23NO3. The summed E-state index contributed by atoms with van der Waals surface area (Å²) in [7, 11) is 2.13. The second kappa shape index (κ2) is 3.80. The van der Waals surface area contributed by atoms with Crippen LogP contribution in [0.1, 0.15) is 37.3 Å². The number of benzene rings is 1. The topological polar surface area (TPSA) is 52.9 Å². The van der Waals surface area contributed by atoms with Gasteiger partial charge < -0.3 is 19.8 Å². The van der Waals surface area contributed by atoms with Crippen LogP contribution in [0.5, 0.6) is 11.5 Å². The van der Waals surface area contributed by atoms with Crippen molar-refractivity contribution in [3.05, 3.63) is 23.3 Å². The van der Waals surface area contributed by atoms with Gasteiger partial charge >= 0.3 is 0 Å². The predicted molar refractivity (Wildman–Crippen MR) is 82.3 cm³/mol. The summed E-state index contributed by atoms with van der Waals surface area (Å²) in [5.41, 5.74) is 1.31. The lowest BCUT2D eigenvalue weighted by Crippen LogP contribution is -2.75. The van der Waals surface area contributed by atoms with Crippen LogP contribution in [0.15, 0.2) is 12.1 Å². The summed E-state index contributed by atoms with van der Waals surface area (Å²) in [6, 6.07) is 3.95. The molecule has 2 N–H and O–H groups in total. The van der Waals surface area contributed by atoms with Crippen LogP contribution in [-0.4, -0.2) is 46.5 Å². The van der Waals surface area contributed by atoms with Crippen molar-refractivity contribution in [3.8, 4) is 11.5 Å². The summed E-state index contributed by atoms with van der Waals surface area (Å²) in [6.45, 7) is 3.21. The second-order valence-electron chi connectivity index (χ2n) is 7.85. The van der Waals surface area contributed by atoms with Gasteiger partial charge in [-0.25, -0.2) is 0 Å². The third-order valence-electron chi connectivity index (χ3n) is 7.03. The SMILES string of the molecule is CC1CC[C@@]2(O)C3Cc4ccc(O)c5c4[C@@]2(CCN3C)[C@H]1O5. The van der Waals surface area contributed by atoms with Crippen molar-refractivity contribution in [1.29, 1.82) is 0 Å². The van der Waals surface area contributed by atoms with Gasteiger partial charge in [-0.15, -0.1) is 0 Å². The summed E-state index contributed by atoms with van der Waals surface area (Å²) in [6.07, 6.45) is 3.57. The van der Waals surface area contributed by atoms with Crippen LogP contribution in [0.3, 0.4) is 0 Å². The molecule has 1 spiro atoms. The first-order valence-electron chi connectivity index (χ1n) is 8.43. The number of aliphatic hydroxyl groups is 1. The molecular weight excluding hydrogens is 278 g/mol. The zero-order valence-corrected chi connectivity index (χ0v) is 13.2. The Balaban J connectivity index is 1.86. The van der Waals surface area contributed by atoms with Crippen molar-refractivity contribution in [2.45, 2.75) is 55.8 Å². The summed E-state index contributed by atoms with van der Waals surface area (Å²) >= 11 is 0. The lowest BCUT2D eigenvalue weighted by Gasteiger charge is -2.63. The monoisotopic (exact) mass is 301 g/mol. The smallest absolute Gasteiger partial charge is 0.165 e. The van der Waals surface area contributed by atoms with Gasteiger partial charge in [-0.2, -0.15) is 0 Å². The average molecular weight is 301 g/mol. The molecule has 5 atom stereocenters. The Kier molecular flexibility index (Phi) is 2.28. The molecule has 0 aromatic heterocycles. The summed E-state index contributed by atoms with van der Waals surface area (Å²) in [4.78, 5) is 2.33. The van der Waals surface area contributed by atoms with Crippen molar-refractivity contribution >= 4 is 0 Å². The van der Waals surface area contributed by atoms with Gasteiger partial charge in [0.15, 0.2) is 11.5 Å². The van der Waals surface area contributed by atoms with Gasteiger partial charge in [-0.1, -0.05) is 13.0 Å². The number of nitrogens with zero attached hydrogens (tertiary/aromatic N) is 1. The Bertz CT molecular complexity index is 675. The first-order chi connectivity index (χ1) is 10.5. The minimum atomic E-state index is -0.733. The molecule has 5 rings (SSSR count). The number of phenolic OH excluding ortho intramolecular Hbond substituents is 1. The Morgan fingerprint density at radius 2 is 2.14 bits per heavy atom. The minimum Gasteiger partial charge on any atom is -0.504 e. The van der Waals surface area contributed by atoms with Gasteiger partial charge in [-0.3, -0.25) is 0 Å². The number of hydrogen-bond donors (Lipinski definition) is 2. The molecule has 2 fully saturated rings. The van der Waals surface area contributed by atoms with Crippen LogP contribution in [0.25, 0.3) is 0 Å². The molecule has 2 unspecified atom stereocenters. The normalized spacial score (nSPS) is 45.3. The fourth-order valence-electron chi connectivity index (χ4n) is 6.00. The number of phenols is 1. The van der Waals surface area contributed by atoms with Crippen LogP contribution < -0.4 is 4.74 Å². The molecule has 2 aliphatic heterocycles. The molecule has 2 aliphatic carbocycles. The third kappa shape index (κ3) is 1.18. The first-order valence-corrected chi connectivity index (χ1v) is 8.43. The van der Waals surface area contributed by atoms with E-state index in [4.69, 9.17) is 4.74 Å². The van der Waals surface area contributed by atoms with Crippen LogP contribution in [0.2, 0.25) is 0 Å². The highest BCUT2D eigenvalue weighted by atomic mass is 16.5. The summed E-state index contributed by atoms with van der Waals surface area (Å²) in [5.74, 6) is 1.29. The molecule has 1 aromatic rings. The van der Waals surface area contributed by atoms with E-state index in [1.54, 1.807) is 6.07 Å². The van der Waals surface area contributed by atoms with E-state index in [9.17, 15) is 10.2 Å². The largest absolute Gasteiger partial charge is 0.504 e. The molecule has 0 radical (unpaired) electrons. The van der Waals surface area contributed by atoms with Crippen LogP contribution in [0.4, 0.5) is 0 Å². The van der Waals surface area contributed by atoms with Gasteiger partial charge in [-0.05, 0) is 56.8 Å². The van der Waals surface area contributed by atoms with E-state index in [2.05, 4.69) is 18.9 Å². The van der Waals surface area contributed by atoms with Crippen molar-refractivity contribution < 1.29 is 14.9 Å². The van der Waals surface area contributed by atoms with Gasteiger partial charge in [0.1, 0.15) is 6.10 Å². The molecule has 1 saturated heterocycles. The molecule has 22 heavy (non-hydrogen) atoms. The zero-order chi connectivity index (χ0) is 15.3. The molecule has 1 saturated carbocycles. The molecule has 0 amide bonds.